The molecule has 8 heteroatoms. The lowest BCUT2D eigenvalue weighted by Crippen LogP contribution is -2.52. The van der Waals surface area contributed by atoms with Gasteiger partial charge in [-0.15, -0.1) is 0 Å². The van der Waals surface area contributed by atoms with Crippen molar-refractivity contribution in [2.75, 3.05) is 7.11 Å². The molecule has 0 bridgehead atoms. The molecule has 3 fully saturated rings. The average Bonchev–Trinajstić information content (AvgIpc) is 3.39. The highest BCUT2D eigenvalue weighted by Gasteiger charge is 2.39. The SMILES string of the molecule is COC1CCCC1N[C@H]1CCCC[C@@H]1Oc1ccc2c(c1)CN(C1CCC(=O)NC1=O)C2=O. The largest absolute Gasteiger partial charge is 0.489 e. The predicted octanol–water partition coefficient (Wildman–Crippen LogP) is 2.29. The maximum absolute atomic E-state index is 12.9. The molecule has 0 aromatic heterocycles. The van der Waals surface area contributed by atoms with Gasteiger partial charge in [0.25, 0.3) is 5.91 Å². The zero-order chi connectivity index (χ0) is 22.9. The summed E-state index contributed by atoms with van der Waals surface area (Å²) < 4.78 is 12.1. The van der Waals surface area contributed by atoms with E-state index < -0.39 is 6.04 Å². The van der Waals surface area contributed by atoms with Crippen LogP contribution in [0.2, 0.25) is 0 Å². The van der Waals surface area contributed by atoms with Crippen LogP contribution in [0.3, 0.4) is 0 Å². The number of nitrogens with one attached hydrogen (secondary N) is 2. The van der Waals surface area contributed by atoms with Crippen LogP contribution in [0, 0.1) is 0 Å². The minimum atomic E-state index is -0.598. The van der Waals surface area contributed by atoms with Crippen molar-refractivity contribution in [2.24, 2.45) is 0 Å². The Labute approximate surface area is 194 Å². The summed E-state index contributed by atoms with van der Waals surface area (Å²) in [6.45, 7) is 0.363. The number of fused-ring (bicyclic) bond motifs is 1. The second-order valence-corrected chi connectivity index (χ2v) is 9.74. The normalized spacial score (nSPS) is 32.1. The molecule has 5 rings (SSSR count). The summed E-state index contributed by atoms with van der Waals surface area (Å²) >= 11 is 0. The van der Waals surface area contributed by atoms with Gasteiger partial charge in [-0.25, -0.2) is 0 Å². The lowest BCUT2D eigenvalue weighted by molar-refractivity contribution is -0.136. The van der Waals surface area contributed by atoms with E-state index in [-0.39, 0.29) is 42.4 Å². The van der Waals surface area contributed by atoms with Crippen molar-refractivity contribution in [3.05, 3.63) is 29.3 Å². The van der Waals surface area contributed by atoms with Gasteiger partial charge in [-0.05, 0) is 68.7 Å². The van der Waals surface area contributed by atoms with E-state index in [2.05, 4.69) is 10.6 Å². The summed E-state index contributed by atoms with van der Waals surface area (Å²) in [6.07, 6.45) is 8.85. The zero-order valence-electron chi connectivity index (χ0n) is 19.2. The van der Waals surface area contributed by atoms with Gasteiger partial charge < -0.3 is 19.7 Å². The third-order valence-electron chi connectivity index (χ3n) is 7.67. The number of piperidine rings is 1. The molecule has 1 aromatic carbocycles. The molecule has 2 aliphatic carbocycles. The summed E-state index contributed by atoms with van der Waals surface area (Å²) in [5.41, 5.74) is 1.48. The number of benzene rings is 1. The molecule has 2 N–H and O–H groups in total. The van der Waals surface area contributed by atoms with E-state index in [9.17, 15) is 14.4 Å². The Morgan fingerprint density at radius 1 is 0.970 bits per heavy atom. The molecular formula is C25H33N3O5. The van der Waals surface area contributed by atoms with Crippen LogP contribution in [0.1, 0.15) is 73.7 Å². The van der Waals surface area contributed by atoms with Crippen molar-refractivity contribution in [3.63, 3.8) is 0 Å². The van der Waals surface area contributed by atoms with Gasteiger partial charge in [-0.1, -0.05) is 6.42 Å². The molecule has 1 aromatic rings. The van der Waals surface area contributed by atoms with Gasteiger partial charge in [0.05, 0.1) is 6.10 Å². The Morgan fingerprint density at radius 3 is 2.55 bits per heavy atom. The van der Waals surface area contributed by atoms with Crippen LogP contribution in [0.25, 0.3) is 0 Å². The number of carbonyl (C=O) groups excluding carboxylic acids is 3. The van der Waals surface area contributed by atoms with E-state index in [1.807, 2.05) is 18.2 Å². The molecule has 3 unspecified atom stereocenters. The molecule has 3 amide bonds. The number of ether oxygens (including phenoxy) is 2. The number of carbonyl (C=O) groups is 3. The number of hydrogen-bond donors (Lipinski definition) is 2. The van der Waals surface area contributed by atoms with E-state index >= 15 is 0 Å². The second-order valence-electron chi connectivity index (χ2n) is 9.74. The quantitative estimate of drug-likeness (QED) is 0.639. The van der Waals surface area contributed by atoms with Crippen molar-refractivity contribution in [3.8, 4) is 5.75 Å². The van der Waals surface area contributed by atoms with Crippen LogP contribution in [0.5, 0.6) is 5.75 Å². The first-order chi connectivity index (χ1) is 16.0. The minimum absolute atomic E-state index is 0.0817. The standard InChI is InChI=1S/C25H33N3O5/c1-32-21-8-4-6-18(21)26-19-5-2-3-7-22(19)33-16-9-10-17-15(13-16)14-28(25(17)31)20-11-12-23(29)27-24(20)30/h9-10,13,18-22,26H,2-8,11-12,14H2,1H3,(H,27,29,30)/t18?,19-,20?,21?,22-/m0/s1. The zero-order valence-corrected chi connectivity index (χ0v) is 19.2. The molecule has 8 nitrogen and oxygen atoms in total. The van der Waals surface area contributed by atoms with E-state index in [0.717, 1.165) is 43.4 Å². The van der Waals surface area contributed by atoms with Crippen LogP contribution < -0.4 is 15.4 Å². The first-order valence-corrected chi connectivity index (χ1v) is 12.3. The molecular weight excluding hydrogens is 422 g/mol. The lowest BCUT2D eigenvalue weighted by Gasteiger charge is -2.35. The maximum Gasteiger partial charge on any atom is 0.255 e. The highest BCUT2D eigenvalue weighted by Crippen LogP contribution is 2.32. The first kappa shape index (κ1) is 22.3. The van der Waals surface area contributed by atoms with Crippen molar-refractivity contribution >= 4 is 17.7 Å². The molecule has 2 saturated carbocycles. The summed E-state index contributed by atoms with van der Waals surface area (Å²) in [5.74, 6) is -0.0578. The Bertz CT molecular complexity index is 935. The monoisotopic (exact) mass is 455 g/mol. The van der Waals surface area contributed by atoms with E-state index in [0.29, 0.717) is 24.6 Å². The molecule has 178 valence electrons. The Kier molecular flexibility index (Phi) is 6.38. The van der Waals surface area contributed by atoms with Crippen LogP contribution in [-0.4, -0.2) is 60.1 Å². The van der Waals surface area contributed by atoms with Gasteiger partial charge in [-0.2, -0.15) is 0 Å². The van der Waals surface area contributed by atoms with Gasteiger partial charge in [0, 0.05) is 37.7 Å². The number of rotatable bonds is 6. The molecule has 2 heterocycles. The topological polar surface area (TPSA) is 97.0 Å². The summed E-state index contributed by atoms with van der Waals surface area (Å²) in [5, 5.41) is 6.17. The molecule has 2 aliphatic heterocycles. The average molecular weight is 456 g/mol. The van der Waals surface area contributed by atoms with E-state index in [4.69, 9.17) is 9.47 Å². The van der Waals surface area contributed by atoms with Crippen LogP contribution in [0.15, 0.2) is 18.2 Å². The number of imide groups is 1. The van der Waals surface area contributed by atoms with E-state index in [1.165, 1.54) is 12.8 Å². The fraction of sp³-hybridized carbons (Fsp3) is 0.640. The Hall–Kier alpha value is -2.45. The van der Waals surface area contributed by atoms with Crippen LogP contribution in [-0.2, 0) is 20.9 Å². The minimum Gasteiger partial charge on any atom is -0.489 e. The summed E-state index contributed by atoms with van der Waals surface area (Å²) in [6, 6.07) is 5.68. The van der Waals surface area contributed by atoms with Crippen molar-refractivity contribution in [1.29, 1.82) is 0 Å². The van der Waals surface area contributed by atoms with Crippen LogP contribution in [0.4, 0.5) is 0 Å². The smallest absolute Gasteiger partial charge is 0.255 e. The van der Waals surface area contributed by atoms with Crippen LogP contribution >= 0.6 is 0 Å². The van der Waals surface area contributed by atoms with Gasteiger partial charge in [-0.3, -0.25) is 19.7 Å². The maximum atomic E-state index is 12.9. The van der Waals surface area contributed by atoms with Gasteiger partial charge in [0.2, 0.25) is 11.8 Å². The first-order valence-electron chi connectivity index (χ1n) is 12.3. The van der Waals surface area contributed by atoms with Gasteiger partial charge >= 0.3 is 0 Å². The highest BCUT2D eigenvalue weighted by atomic mass is 16.5. The van der Waals surface area contributed by atoms with Crippen molar-refractivity contribution in [2.45, 2.75) is 94.7 Å². The molecule has 0 radical (unpaired) electrons. The number of methoxy groups -OCH3 is 1. The summed E-state index contributed by atoms with van der Waals surface area (Å²) in [7, 11) is 1.80. The third-order valence-corrected chi connectivity index (χ3v) is 7.67. The van der Waals surface area contributed by atoms with Gasteiger partial charge in [0.1, 0.15) is 17.9 Å². The number of amides is 3. The Morgan fingerprint density at radius 2 is 1.73 bits per heavy atom. The van der Waals surface area contributed by atoms with E-state index in [1.54, 1.807) is 12.0 Å². The number of nitrogens with zero attached hydrogens (tertiary/aromatic N) is 1. The molecule has 33 heavy (non-hydrogen) atoms. The van der Waals surface area contributed by atoms with Gasteiger partial charge in [0.15, 0.2) is 0 Å². The molecule has 1 saturated heterocycles. The fourth-order valence-corrected chi connectivity index (χ4v) is 5.90. The second kappa shape index (κ2) is 9.43. The number of hydrogen-bond acceptors (Lipinski definition) is 6. The molecule has 4 aliphatic rings. The molecule has 5 atom stereocenters. The summed E-state index contributed by atoms with van der Waals surface area (Å²) in [4.78, 5) is 38.3. The van der Waals surface area contributed by atoms with Crippen molar-refractivity contribution < 1.29 is 23.9 Å². The highest BCUT2D eigenvalue weighted by molar-refractivity contribution is 6.05. The van der Waals surface area contributed by atoms with Crippen molar-refractivity contribution in [1.82, 2.24) is 15.5 Å². The lowest BCUT2D eigenvalue weighted by atomic mass is 9.91. The fourth-order valence-electron chi connectivity index (χ4n) is 5.90. The Balaban J connectivity index is 1.26. The third kappa shape index (κ3) is 4.51. The molecule has 0 spiro atoms. The predicted molar refractivity (Wildman–Crippen MR) is 121 cm³/mol.